The first-order valence-corrected chi connectivity index (χ1v) is 15.7. The van der Waals surface area contributed by atoms with Crippen LogP contribution in [0.2, 0.25) is 0 Å². The van der Waals surface area contributed by atoms with Crippen LogP contribution in [0.5, 0.6) is 0 Å². The Balaban J connectivity index is 4.56. The van der Waals surface area contributed by atoms with Gasteiger partial charge in [-0.05, 0) is 6.42 Å². The molecule has 0 fully saturated rings. The van der Waals surface area contributed by atoms with E-state index in [0.717, 1.165) is 37.7 Å². The van der Waals surface area contributed by atoms with Gasteiger partial charge in [0.2, 0.25) is 5.91 Å². The van der Waals surface area contributed by atoms with Crippen LogP contribution in [0.15, 0.2) is 0 Å². The highest BCUT2D eigenvalue weighted by Gasteiger charge is 2.39. The third-order valence-corrected chi connectivity index (χ3v) is 7.86. The number of ether oxygens (including phenoxy) is 1. The van der Waals surface area contributed by atoms with Crippen LogP contribution < -0.4 is 0 Å². The predicted octanol–water partition coefficient (Wildman–Crippen LogP) is 4.82. The molecular weight excluding hydrogens is 530 g/mol. The number of carboxylic acids is 2. The number of nitrogens with zero attached hydrogens (tertiary/aromatic N) is 1. The number of carboxylic acid groups (broad SMARTS) is 2. The van der Waals surface area contributed by atoms with Gasteiger partial charge in [0.05, 0.1) is 20.0 Å². The largest absolute Gasteiger partial charge is 0.481 e. The van der Waals surface area contributed by atoms with Crippen molar-refractivity contribution in [2.45, 2.75) is 134 Å². The van der Waals surface area contributed by atoms with Gasteiger partial charge in [-0.2, -0.15) is 8.42 Å². The van der Waals surface area contributed by atoms with E-state index in [1.165, 1.54) is 64.2 Å². The molecule has 0 spiro atoms. The van der Waals surface area contributed by atoms with E-state index in [1.807, 2.05) is 0 Å². The summed E-state index contributed by atoms with van der Waals surface area (Å²) in [5.41, 5.74) is 0. The lowest BCUT2D eigenvalue weighted by Crippen LogP contribution is -2.48. The smallest absolute Gasteiger partial charge is 0.327 e. The minimum absolute atomic E-state index is 0.124. The van der Waals surface area contributed by atoms with Crippen molar-refractivity contribution in [1.29, 1.82) is 0 Å². The van der Waals surface area contributed by atoms with Crippen molar-refractivity contribution in [3.05, 3.63) is 0 Å². The lowest BCUT2D eigenvalue weighted by atomic mass is 10.0. The van der Waals surface area contributed by atoms with Crippen LogP contribution in [0.25, 0.3) is 0 Å². The van der Waals surface area contributed by atoms with E-state index in [4.69, 9.17) is 5.11 Å². The number of esters is 1. The topological polar surface area (TPSA) is 176 Å². The molecule has 12 heteroatoms. The monoisotopic (exact) mass is 579 g/mol. The van der Waals surface area contributed by atoms with E-state index < -0.39 is 58.1 Å². The van der Waals surface area contributed by atoms with Gasteiger partial charge in [-0.1, -0.05) is 103 Å². The molecule has 0 rings (SSSR count). The number of amides is 1. The molecule has 0 aromatic heterocycles. The molecule has 0 aliphatic heterocycles. The molecule has 0 saturated carbocycles. The number of carbonyl (C=O) groups excluding carboxylic acids is 2. The molecule has 0 saturated heterocycles. The predicted molar refractivity (Wildman–Crippen MR) is 147 cm³/mol. The van der Waals surface area contributed by atoms with Gasteiger partial charge in [0.1, 0.15) is 6.04 Å². The second-order valence-electron chi connectivity index (χ2n) is 10.1. The minimum Gasteiger partial charge on any atom is -0.481 e. The average molecular weight is 580 g/mol. The van der Waals surface area contributed by atoms with Crippen molar-refractivity contribution in [2.24, 2.45) is 0 Å². The van der Waals surface area contributed by atoms with Crippen molar-refractivity contribution >= 4 is 33.9 Å². The second-order valence-corrected chi connectivity index (χ2v) is 11.7. The summed E-state index contributed by atoms with van der Waals surface area (Å²) < 4.78 is 36.8. The molecule has 0 heterocycles. The molecule has 228 valence electrons. The number of aliphatic carboxylic acids is 2. The summed E-state index contributed by atoms with van der Waals surface area (Å²) in [6, 6.07) is -1.74. The molecule has 3 N–H and O–H groups in total. The zero-order chi connectivity index (χ0) is 29.7. The fraction of sp³-hybridized carbons (Fsp3) is 0.852. The van der Waals surface area contributed by atoms with Gasteiger partial charge in [-0.15, -0.1) is 0 Å². The van der Waals surface area contributed by atoms with Crippen LogP contribution in [0.1, 0.15) is 122 Å². The summed E-state index contributed by atoms with van der Waals surface area (Å²) in [5.74, 6) is -5.47. The van der Waals surface area contributed by atoms with Gasteiger partial charge < -0.3 is 19.8 Å². The van der Waals surface area contributed by atoms with Crippen LogP contribution in [-0.4, -0.2) is 76.8 Å². The van der Waals surface area contributed by atoms with E-state index in [-0.39, 0.29) is 6.54 Å². The van der Waals surface area contributed by atoms with E-state index in [2.05, 4.69) is 11.7 Å². The highest BCUT2D eigenvalue weighted by atomic mass is 32.2. The summed E-state index contributed by atoms with van der Waals surface area (Å²) in [7, 11) is -4.13. The first-order chi connectivity index (χ1) is 18.4. The molecule has 39 heavy (non-hydrogen) atoms. The van der Waals surface area contributed by atoms with E-state index in [0.29, 0.717) is 12.8 Å². The number of carbonyl (C=O) groups is 4. The maximum absolute atomic E-state index is 12.8. The Hall–Kier alpha value is -2.21. The van der Waals surface area contributed by atoms with Crippen LogP contribution in [0.3, 0.4) is 0 Å². The Labute approximate surface area is 233 Å². The average Bonchev–Trinajstić information content (AvgIpc) is 2.86. The maximum atomic E-state index is 12.8. The second kappa shape index (κ2) is 21.6. The highest BCUT2D eigenvalue weighted by Crippen LogP contribution is 2.17. The Kier molecular flexibility index (Phi) is 20.4. The van der Waals surface area contributed by atoms with Crippen molar-refractivity contribution in [1.82, 2.24) is 4.90 Å². The van der Waals surface area contributed by atoms with Gasteiger partial charge in [0.15, 0.2) is 5.25 Å². The number of hydrogen-bond acceptors (Lipinski definition) is 7. The third-order valence-electron chi connectivity index (χ3n) is 6.79. The molecule has 0 aromatic rings. The molecular formula is C27H49NO10S. The molecule has 1 unspecified atom stereocenters. The quantitative estimate of drug-likeness (QED) is 0.0772. The van der Waals surface area contributed by atoms with Crippen LogP contribution in [0, 0.1) is 0 Å². The molecule has 0 radical (unpaired) electrons. The fourth-order valence-corrected chi connectivity index (χ4v) is 5.19. The van der Waals surface area contributed by atoms with Gasteiger partial charge in [-0.3, -0.25) is 18.9 Å². The Morgan fingerprint density at radius 1 is 0.718 bits per heavy atom. The molecule has 11 nitrogen and oxygen atoms in total. The lowest BCUT2D eigenvalue weighted by Gasteiger charge is -2.29. The fourth-order valence-electron chi connectivity index (χ4n) is 4.50. The normalized spacial score (nSPS) is 13.0. The summed E-state index contributed by atoms with van der Waals surface area (Å²) in [5, 5.41) is 16.4. The zero-order valence-electron chi connectivity index (χ0n) is 23.6. The summed E-state index contributed by atoms with van der Waals surface area (Å²) in [6.07, 6.45) is 16.1. The van der Waals surface area contributed by atoms with Gasteiger partial charge in [0.25, 0.3) is 10.1 Å². The molecule has 0 aliphatic rings. The standard InChI is InChI=1S/C27H49NO10S/c1-3-4-5-6-7-8-9-10-11-12-13-14-15-16-17-18-19-28(22(26(32)33)20-25(30)31)24(29)21-23(27(34)38-2)39(35,36)37/h22-23H,3-21H2,1-2H3,(H,30,31)(H,32,33)(H,35,36,37)/t22-,23?/m0/s1. The minimum atomic E-state index is -5.01. The summed E-state index contributed by atoms with van der Waals surface area (Å²) in [6.45, 7) is 2.10. The van der Waals surface area contributed by atoms with Crippen LogP contribution in [0.4, 0.5) is 0 Å². The van der Waals surface area contributed by atoms with Crippen LogP contribution >= 0.6 is 0 Å². The zero-order valence-corrected chi connectivity index (χ0v) is 24.5. The highest BCUT2D eigenvalue weighted by molar-refractivity contribution is 7.87. The van der Waals surface area contributed by atoms with Gasteiger partial charge >= 0.3 is 17.9 Å². The lowest BCUT2D eigenvalue weighted by molar-refractivity contribution is -0.155. The summed E-state index contributed by atoms with van der Waals surface area (Å²) in [4.78, 5) is 48.3. The van der Waals surface area contributed by atoms with Crippen molar-refractivity contribution in [2.75, 3.05) is 13.7 Å². The third kappa shape index (κ3) is 17.9. The first-order valence-electron chi connectivity index (χ1n) is 14.2. The van der Waals surface area contributed by atoms with Crippen molar-refractivity contribution < 1.29 is 47.1 Å². The van der Waals surface area contributed by atoms with Gasteiger partial charge in [0, 0.05) is 6.54 Å². The maximum Gasteiger partial charge on any atom is 0.327 e. The number of methoxy groups -OCH3 is 1. The Morgan fingerprint density at radius 3 is 1.46 bits per heavy atom. The Morgan fingerprint density at radius 2 is 1.13 bits per heavy atom. The number of rotatable bonds is 25. The van der Waals surface area contributed by atoms with Crippen molar-refractivity contribution in [3.63, 3.8) is 0 Å². The first kappa shape index (κ1) is 36.8. The Bertz CT molecular complexity index is 830. The molecule has 0 bridgehead atoms. The summed E-state index contributed by atoms with van der Waals surface area (Å²) >= 11 is 0. The number of unbranched alkanes of at least 4 members (excludes halogenated alkanes) is 15. The van der Waals surface area contributed by atoms with Gasteiger partial charge in [-0.25, -0.2) is 4.79 Å². The number of hydrogen-bond donors (Lipinski definition) is 3. The molecule has 1 amide bonds. The van der Waals surface area contributed by atoms with Crippen molar-refractivity contribution in [3.8, 4) is 0 Å². The molecule has 0 aromatic carbocycles. The van der Waals surface area contributed by atoms with Crippen LogP contribution in [-0.2, 0) is 34.0 Å². The molecule has 0 aliphatic carbocycles. The van der Waals surface area contributed by atoms with E-state index in [1.54, 1.807) is 0 Å². The van der Waals surface area contributed by atoms with E-state index in [9.17, 15) is 37.3 Å². The van der Waals surface area contributed by atoms with E-state index >= 15 is 0 Å². The molecule has 2 atom stereocenters. The SMILES string of the molecule is CCCCCCCCCCCCCCCCCCN(C(=O)CC(C(=O)OC)S(=O)(=O)O)[C@@H](CC(=O)O)C(=O)O.